The maximum atomic E-state index is 13.2. The van der Waals surface area contributed by atoms with Gasteiger partial charge >= 0.3 is 0 Å². The summed E-state index contributed by atoms with van der Waals surface area (Å²) >= 11 is 5.87. The third-order valence-electron chi connectivity index (χ3n) is 5.36. The number of nitrogens with two attached hydrogens (primary N) is 1. The van der Waals surface area contributed by atoms with Crippen LogP contribution in [-0.2, 0) is 10.0 Å². The first-order valence-corrected chi connectivity index (χ1v) is 12.1. The number of pyridine rings is 1. The topological polar surface area (TPSA) is 115 Å². The number of nitrogens with one attached hydrogen (secondary N) is 1. The molecular weight excluding hydrogens is 462 g/mol. The van der Waals surface area contributed by atoms with Crippen molar-refractivity contribution in [1.29, 1.82) is 0 Å². The minimum Gasteiger partial charge on any atom is -0.455 e. The molecule has 0 aliphatic heterocycles. The van der Waals surface area contributed by atoms with E-state index < -0.39 is 16.1 Å². The summed E-state index contributed by atoms with van der Waals surface area (Å²) in [5, 5.41) is 8.56. The van der Waals surface area contributed by atoms with Gasteiger partial charge in [0.05, 0.1) is 17.1 Å². The summed E-state index contributed by atoms with van der Waals surface area (Å²) in [5.41, 5.74) is 3.37. The Labute approximate surface area is 196 Å². The number of hydrogen-bond donors (Lipinski definition) is 2. The Balaban J connectivity index is 1.90. The zero-order valence-corrected chi connectivity index (χ0v) is 19.8. The lowest BCUT2D eigenvalue weighted by Gasteiger charge is -2.20. The lowest BCUT2D eigenvalue weighted by molar-refractivity contribution is 0.594. The summed E-state index contributed by atoms with van der Waals surface area (Å²) in [4.78, 5) is 17.1. The number of fused-ring (bicyclic) bond motifs is 1. The quantitative estimate of drug-likeness (QED) is 0.388. The van der Waals surface area contributed by atoms with Crippen LogP contribution in [0.15, 0.2) is 68.8 Å². The van der Waals surface area contributed by atoms with Crippen molar-refractivity contribution in [3.8, 4) is 11.3 Å². The molecule has 3 N–H and O–H groups in total. The van der Waals surface area contributed by atoms with Gasteiger partial charge in [-0.15, -0.1) is 0 Å². The van der Waals surface area contributed by atoms with Gasteiger partial charge in [0.15, 0.2) is 10.5 Å². The SMILES string of the molecule is Cc1cc([C@@H](C)Nc2ccc(Cl)nc2S(N)(=O)=O)c2oc(-c3ccccc3)c(C)c(=O)c2c1. The van der Waals surface area contributed by atoms with Gasteiger partial charge in [0, 0.05) is 16.7 Å². The number of sulfonamides is 1. The summed E-state index contributed by atoms with van der Waals surface area (Å²) in [7, 11) is -4.12. The number of aromatic nitrogens is 1. The third kappa shape index (κ3) is 4.50. The Hall–Kier alpha value is -3.20. The first-order chi connectivity index (χ1) is 15.6. The van der Waals surface area contributed by atoms with E-state index in [2.05, 4.69) is 10.3 Å². The first-order valence-electron chi connectivity index (χ1n) is 10.2. The van der Waals surface area contributed by atoms with Crippen molar-refractivity contribution < 1.29 is 12.8 Å². The third-order valence-corrected chi connectivity index (χ3v) is 6.42. The van der Waals surface area contributed by atoms with E-state index in [0.29, 0.717) is 27.9 Å². The lowest BCUT2D eigenvalue weighted by atomic mass is 9.99. The van der Waals surface area contributed by atoms with Gasteiger partial charge < -0.3 is 9.73 Å². The molecule has 0 saturated heterocycles. The normalized spacial score (nSPS) is 12.6. The molecule has 0 unspecified atom stereocenters. The molecule has 2 heterocycles. The van der Waals surface area contributed by atoms with Crippen molar-refractivity contribution in [1.82, 2.24) is 4.98 Å². The standard InChI is InChI=1S/C24H22ClN3O4S/c1-13-11-17(15(3)27-19-9-10-20(25)28-24(19)33(26,30)31)23-18(12-13)21(29)14(2)22(32-23)16-7-5-4-6-8-16/h4-12,15,27H,1-3H3,(H2,26,30,31)/t15-/m1/s1. The molecule has 0 saturated carbocycles. The van der Waals surface area contributed by atoms with Crippen LogP contribution in [0.4, 0.5) is 5.69 Å². The predicted molar refractivity (Wildman–Crippen MR) is 130 cm³/mol. The van der Waals surface area contributed by atoms with Crippen molar-refractivity contribution in [3.05, 3.63) is 86.7 Å². The fraction of sp³-hybridized carbons (Fsp3) is 0.167. The van der Waals surface area contributed by atoms with Crippen LogP contribution in [0.2, 0.25) is 5.15 Å². The molecule has 7 nitrogen and oxygen atoms in total. The Morgan fingerprint density at radius 1 is 1.09 bits per heavy atom. The van der Waals surface area contributed by atoms with Crippen LogP contribution < -0.4 is 15.9 Å². The molecular formula is C24H22ClN3O4S. The zero-order valence-electron chi connectivity index (χ0n) is 18.2. The summed E-state index contributed by atoms with van der Waals surface area (Å²) in [6.07, 6.45) is 0. The number of aryl methyl sites for hydroxylation is 1. The minimum atomic E-state index is -4.12. The van der Waals surface area contributed by atoms with Crippen LogP contribution in [0.25, 0.3) is 22.3 Å². The van der Waals surface area contributed by atoms with Crippen LogP contribution in [0.1, 0.15) is 29.7 Å². The number of hydrogen-bond acceptors (Lipinski definition) is 6. The molecule has 0 amide bonds. The number of halogens is 1. The Morgan fingerprint density at radius 3 is 2.45 bits per heavy atom. The maximum absolute atomic E-state index is 13.2. The average molecular weight is 484 g/mol. The van der Waals surface area contributed by atoms with E-state index in [9.17, 15) is 13.2 Å². The second-order valence-corrected chi connectivity index (χ2v) is 9.74. The highest BCUT2D eigenvalue weighted by atomic mass is 35.5. The molecule has 0 bridgehead atoms. The van der Waals surface area contributed by atoms with Gasteiger partial charge in [-0.3, -0.25) is 4.79 Å². The van der Waals surface area contributed by atoms with E-state index in [0.717, 1.165) is 11.1 Å². The fourth-order valence-electron chi connectivity index (χ4n) is 3.81. The number of nitrogens with zero attached hydrogens (tertiary/aromatic N) is 1. The van der Waals surface area contributed by atoms with Crippen LogP contribution in [0.3, 0.4) is 0 Å². The summed E-state index contributed by atoms with van der Waals surface area (Å²) in [5.74, 6) is 0.490. The Kier molecular flexibility index (Phi) is 6.00. The van der Waals surface area contributed by atoms with Crippen molar-refractivity contribution in [2.75, 3.05) is 5.32 Å². The number of rotatable bonds is 5. The highest BCUT2D eigenvalue weighted by Gasteiger charge is 2.22. The minimum absolute atomic E-state index is 0.00667. The van der Waals surface area contributed by atoms with Crippen LogP contribution >= 0.6 is 11.6 Å². The van der Waals surface area contributed by atoms with Crippen LogP contribution in [0, 0.1) is 13.8 Å². The smallest absolute Gasteiger partial charge is 0.257 e. The Bertz CT molecular complexity index is 1530. The number of primary sulfonamides is 1. The van der Waals surface area contributed by atoms with Crippen LogP contribution in [0.5, 0.6) is 0 Å². The first kappa shape index (κ1) is 23.0. The number of benzene rings is 2. The molecule has 0 aliphatic rings. The fourth-order valence-corrected chi connectivity index (χ4v) is 4.67. The molecule has 4 aromatic rings. The monoisotopic (exact) mass is 483 g/mol. The predicted octanol–water partition coefficient (Wildman–Crippen LogP) is 4.95. The van der Waals surface area contributed by atoms with Gasteiger partial charge in [-0.1, -0.05) is 48.0 Å². The molecule has 0 fully saturated rings. The van der Waals surface area contributed by atoms with E-state index in [1.165, 1.54) is 12.1 Å². The maximum Gasteiger partial charge on any atom is 0.257 e. The molecule has 2 aromatic carbocycles. The van der Waals surface area contributed by atoms with E-state index in [4.69, 9.17) is 21.2 Å². The molecule has 0 aliphatic carbocycles. The van der Waals surface area contributed by atoms with Gasteiger partial charge in [-0.25, -0.2) is 18.5 Å². The zero-order chi connectivity index (χ0) is 23.9. The molecule has 33 heavy (non-hydrogen) atoms. The lowest BCUT2D eigenvalue weighted by Crippen LogP contribution is -2.18. The largest absolute Gasteiger partial charge is 0.455 e. The highest BCUT2D eigenvalue weighted by molar-refractivity contribution is 7.89. The van der Waals surface area contributed by atoms with E-state index in [1.54, 1.807) is 13.0 Å². The van der Waals surface area contributed by atoms with E-state index >= 15 is 0 Å². The van der Waals surface area contributed by atoms with Gasteiger partial charge in [0.1, 0.15) is 16.5 Å². The molecule has 0 spiro atoms. The van der Waals surface area contributed by atoms with Crippen molar-refractivity contribution in [2.45, 2.75) is 31.8 Å². The van der Waals surface area contributed by atoms with E-state index in [-0.39, 0.29) is 21.3 Å². The second kappa shape index (κ2) is 8.62. The van der Waals surface area contributed by atoms with Crippen molar-refractivity contribution >= 4 is 38.3 Å². The molecule has 170 valence electrons. The average Bonchev–Trinajstić information content (AvgIpc) is 2.77. The molecule has 2 aromatic heterocycles. The number of anilines is 1. The van der Waals surface area contributed by atoms with Crippen molar-refractivity contribution in [3.63, 3.8) is 0 Å². The van der Waals surface area contributed by atoms with Gasteiger partial charge in [0.2, 0.25) is 0 Å². The summed E-state index contributed by atoms with van der Waals surface area (Å²) < 4.78 is 30.4. The molecule has 9 heteroatoms. The van der Waals surface area contributed by atoms with Crippen LogP contribution in [-0.4, -0.2) is 13.4 Å². The molecule has 4 rings (SSSR count). The van der Waals surface area contributed by atoms with Gasteiger partial charge in [0.25, 0.3) is 10.0 Å². The summed E-state index contributed by atoms with van der Waals surface area (Å²) in [6, 6.07) is 15.6. The van der Waals surface area contributed by atoms with Gasteiger partial charge in [-0.05, 0) is 44.5 Å². The molecule has 0 radical (unpaired) electrons. The summed E-state index contributed by atoms with van der Waals surface area (Å²) in [6.45, 7) is 5.46. The van der Waals surface area contributed by atoms with Crippen molar-refractivity contribution in [2.24, 2.45) is 5.14 Å². The van der Waals surface area contributed by atoms with Gasteiger partial charge in [-0.2, -0.15) is 0 Å². The second-order valence-electron chi connectivity index (χ2n) is 7.88. The van der Waals surface area contributed by atoms with E-state index in [1.807, 2.05) is 50.2 Å². The molecule has 1 atom stereocenters. The Morgan fingerprint density at radius 2 is 1.79 bits per heavy atom. The highest BCUT2D eigenvalue weighted by Crippen LogP contribution is 2.33.